The predicted octanol–water partition coefficient (Wildman–Crippen LogP) is 16.6. The molecule has 4 heteroatoms. The quantitative estimate of drug-likeness (QED) is 0.144. The number of benzene rings is 8. The van der Waals surface area contributed by atoms with Crippen molar-refractivity contribution in [3.8, 4) is 5.69 Å². The van der Waals surface area contributed by atoms with Gasteiger partial charge in [0.2, 0.25) is 0 Å². The van der Waals surface area contributed by atoms with Crippen molar-refractivity contribution < 1.29 is 0 Å². The van der Waals surface area contributed by atoms with Crippen LogP contribution in [0.3, 0.4) is 0 Å². The minimum absolute atomic E-state index is 0.231. The number of allylic oxidation sites excluding steroid dienone is 7. The lowest BCUT2D eigenvalue weighted by atomic mass is 9.83. The van der Waals surface area contributed by atoms with Gasteiger partial charge in [0.25, 0.3) is 0 Å². The van der Waals surface area contributed by atoms with Crippen LogP contribution in [0.1, 0.15) is 31.2 Å². The Hall–Kier alpha value is -8.08. The molecule has 0 saturated carbocycles. The summed E-state index contributed by atoms with van der Waals surface area (Å²) in [6.07, 6.45) is 16.0. The highest BCUT2D eigenvalue weighted by atomic mass is 15.2. The molecule has 2 aliphatic carbocycles. The Bertz CT molecular complexity index is 3500. The molecule has 12 rings (SSSR count). The van der Waals surface area contributed by atoms with Crippen LogP contribution in [-0.2, 0) is 0 Å². The van der Waals surface area contributed by atoms with E-state index in [1.807, 2.05) is 0 Å². The van der Waals surface area contributed by atoms with E-state index in [1.165, 1.54) is 60.6 Å². The fraction of sp³-hybridized carbons (Fsp3) is 0.0820. The Morgan fingerprint density at radius 1 is 0.462 bits per heavy atom. The third-order valence-electron chi connectivity index (χ3n) is 13.4. The number of hydrogen-bond donors (Lipinski definition) is 0. The zero-order valence-electron chi connectivity index (χ0n) is 36.4. The van der Waals surface area contributed by atoms with Gasteiger partial charge in [0.1, 0.15) is 0 Å². The molecule has 0 N–H and O–H groups in total. The Balaban J connectivity index is 0.884. The van der Waals surface area contributed by atoms with E-state index in [2.05, 4.69) is 263 Å². The summed E-state index contributed by atoms with van der Waals surface area (Å²) in [7, 11) is 0. The third-order valence-corrected chi connectivity index (χ3v) is 13.4. The van der Waals surface area contributed by atoms with Gasteiger partial charge in [-0.2, -0.15) is 0 Å². The number of nitrogens with zero attached hydrogens (tertiary/aromatic N) is 4. The zero-order chi connectivity index (χ0) is 43.3. The van der Waals surface area contributed by atoms with Crippen LogP contribution in [-0.4, -0.2) is 9.13 Å². The summed E-state index contributed by atoms with van der Waals surface area (Å²) in [4.78, 5) is 4.80. The molecule has 0 bridgehead atoms. The molecule has 2 aromatic heterocycles. The summed E-state index contributed by atoms with van der Waals surface area (Å²) < 4.78 is 4.84. The maximum atomic E-state index is 2.46. The molecular formula is C61H48N4. The van der Waals surface area contributed by atoms with E-state index >= 15 is 0 Å². The van der Waals surface area contributed by atoms with Crippen LogP contribution >= 0.6 is 0 Å². The normalized spacial score (nSPS) is 16.0. The van der Waals surface area contributed by atoms with Gasteiger partial charge in [-0.3, -0.25) is 0 Å². The summed E-state index contributed by atoms with van der Waals surface area (Å²) in [6.45, 7) is 2.35. The molecule has 0 spiro atoms. The molecular weight excluding hydrogens is 789 g/mol. The van der Waals surface area contributed by atoms with Gasteiger partial charge in [0.15, 0.2) is 0 Å². The first kappa shape index (κ1) is 38.6. The monoisotopic (exact) mass is 836 g/mol. The molecule has 1 unspecified atom stereocenters. The molecule has 2 heterocycles. The first-order valence-electron chi connectivity index (χ1n) is 22.9. The maximum Gasteiger partial charge on any atom is 0.0542 e. The number of para-hydroxylation sites is 5. The van der Waals surface area contributed by atoms with Crippen molar-refractivity contribution in [2.75, 3.05) is 9.80 Å². The summed E-state index contributed by atoms with van der Waals surface area (Å²) in [5.74, 6) is 0.493. The van der Waals surface area contributed by atoms with Crippen LogP contribution in [0.15, 0.2) is 242 Å². The first-order chi connectivity index (χ1) is 32.2. The van der Waals surface area contributed by atoms with E-state index < -0.39 is 0 Å². The second kappa shape index (κ2) is 16.2. The highest BCUT2D eigenvalue weighted by Crippen LogP contribution is 2.43. The van der Waals surface area contributed by atoms with Gasteiger partial charge < -0.3 is 18.9 Å². The van der Waals surface area contributed by atoms with E-state index in [0.717, 1.165) is 47.0 Å². The van der Waals surface area contributed by atoms with Crippen LogP contribution in [0, 0.1) is 5.92 Å². The van der Waals surface area contributed by atoms with Crippen molar-refractivity contribution >= 4 is 77.7 Å². The van der Waals surface area contributed by atoms with Crippen molar-refractivity contribution in [1.82, 2.24) is 9.13 Å². The van der Waals surface area contributed by atoms with E-state index in [1.54, 1.807) is 0 Å². The van der Waals surface area contributed by atoms with Crippen LogP contribution in [0.25, 0.3) is 55.0 Å². The molecule has 2 atom stereocenters. The molecule has 10 aromatic rings. The molecule has 0 amide bonds. The van der Waals surface area contributed by atoms with Gasteiger partial charge in [-0.15, -0.1) is 0 Å². The molecule has 0 radical (unpaired) electrons. The van der Waals surface area contributed by atoms with Crippen molar-refractivity contribution in [2.24, 2.45) is 5.92 Å². The van der Waals surface area contributed by atoms with Crippen LogP contribution in [0.5, 0.6) is 0 Å². The minimum atomic E-state index is 0.231. The Morgan fingerprint density at radius 3 is 1.58 bits per heavy atom. The van der Waals surface area contributed by atoms with Crippen molar-refractivity contribution in [2.45, 2.75) is 25.7 Å². The Morgan fingerprint density at radius 2 is 0.969 bits per heavy atom. The van der Waals surface area contributed by atoms with Crippen LogP contribution in [0.4, 0.5) is 28.4 Å². The fourth-order valence-electron chi connectivity index (χ4n) is 10.4. The van der Waals surface area contributed by atoms with Gasteiger partial charge in [0, 0.05) is 73.0 Å². The minimum Gasteiger partial charge on any atom is -0.313 e. The van der Waals surface area contributed by atoms with Gasteiger partial charge in [0.05, 0.1) is 22.1 Å². The lowest BCUT2D eigenvalue weighted by molar-refractivity contribution is 0.628. The SMILES string of the molecule is CC1C=C(N(c2ccccc2)c2ccc3c(c2)c2ccccc2n3C2=CC=CCC2)C=C[C@@H]1c1ccc(N(c2ccccc2)c2ccc3c(c2)c2ccccc2n3-c2ccccc2)cc1. The highest BCUT2D eigenvalue weighted by molar-refractivity contribution is 6.12. The molecule has 65 heavy (non-hydrogen) atoms. The topological polar surface area (TPSA) is 16.3 Å². The van der Waals surface area contributed by atoms with E-state index in [9.17, 15) is 0 Å². The van der Waals surface area contributed by atoms with Crippen LogP contribution < -0.4 is 9.80 Å². The average Bonchev–Trinajstić information content (AvgIpc) is 3.88. The number of anilines is 5. The fourth-order valence-corrected chi connectivity index (χ4v) is 10.4. The summed E-state index contributed by atoms with van der Waals surface area (Å²) in [5.41, 5.74) is 15.5. The number of hydrogen-bond acceptors (Lipinski definition) is 2. The lowest BCUT2D eigenvalue weighted by Gasteiger charge is -2.32. The molecule has 8 aromatic carbocycles. The Labute approximate surface area is 380 Å². The van der Waals surface area contributed by atoms with Gasteiger partial charge in [-0.05, 0) is 134 Å². The molecule has 4 nitrogen and oxygen atoms in total. The molecule has 0 saturated heterocycles. The van der Waals surface area contributed by atoms with Gasteiger partial charge in [-0.25, -0.2) is 0 Å². The van der Waals surface area contributed by atoms with Crippen molar-refractivity contribution in [3.05, 3.63) is 248 Å². The molecule has 0 aliphatic heterocycles. The van der Waals surface area contributed by atoms with Crippen molar-refractivity contribution in [1.29, 1.82) is 0 Å². The second-order valence-electron chi connectivity index (χ2n) is 17.3. The van der Waals surface area contributed by atoms with E-state index in [0.29, 0.717) is 0 Å². The largest absolute Gasteiger partial charge is 0.313 e. The van der Waals surface area contributed by atoms with Gasteiger partial charge >= 0.3 is 0 Å². The second-order valence-corrected chi connectivity index (χ2v) is 17.3. The standard InChI is InChI=1S/C61H48N4/c1-43-40-50(63(46-20-8-3-9-21-46)52-36-39-61-57(42-52)55-27-15-17-29-59(55)65(61)48-24-12-5-13-25-48)34-37-53(43)44-30-32-49(33-31-44)62(45-18-6-2-7-19-45)51-35-38-60-56(41-51)54-26-14-16-28-58(54)64(60)47-22-10-4-11-23-47/h2-12,14-24,26-43,53H,13,25H2,1H3/t43?,53-/m0/s1. The number of fused-ring (bicyclic) bond motifs is 6. The Kier molecular flexibility index (Phi) is 9.64. The summed E-state index contributed by atoms with van der Waals surface area (Å²) in [5, 5.41) is 5.02. The first-order valence-corrected chi connectivity index (χ1v) is 22.9. The lowest BCUT2D eigenvalue weighted by Crippen LogP contribution is -2.20. The molecule has 312 valence electrons. The van der Waals surface area contributed by atoms with Gasteiger partial charge in [-0.1, -0.05) is 134 Å². The smallest absolute Gasteiger partial charge is 0.0542 e. The van der Waals surface area contributed by atoms with Crippen LogP contribution in [0.2, 0.25) is 0 Å². The summed E-state index contributed by atoms with van der Waals surface area (Å²) >= 11 is 0. The molecule has 2 aliphatic rings. The average molecular weight is 837 g/mol. The predicted molar refractivity (Wildman–Crippen MR) is 275 cm³/mol. The maximum absolute atomic E-state index is 2.46. The van der Waals surface area contributed by atoms with E-state index in [4.69, 9.17) is 0 Å². The van der Waals surface area contributed by atoms with Crippen molar-refractivity contribution in [3.63, 3.8) is 0 Å². The third kappa shape index (κ3) is 6.77. The van der Waals surface area contributed by atoms with E-state index in [-0.39, 0.29) is 11.8 Å². The molecule has 0 fully saturated rings. The number of rotatable bonds is 9. The number of aromatic nitrogens is 2. The zero-order valence-corrected chi connectivity index (χ0v) is 36.4. The highest BCUT2D eigenvalue weighted by Gasteiger charge is 2.25. The summed E-state index contributed by atoms with van der Waals surface area (Å²) in [6, 6.07) is 72.9.